The van der Waals surface area contributed by atoms with Crippen molar-refractivity contribution in [1.29, 1.82) is 0 Å². The van der Waals surface area contributed by atoms with Gasteiger partial charge in [-0.05, 0) is 54.1 Å². The summed E-state index contributed by atoms with van der Waals surface area (Å²) < 4.78 is 23.7. The smallest absolute Gasteiger partial charge is 0.178 e. The van der Waals surface area contributed by atoms with E-state index in [0.717, 1.165) is 0 Å². The normalized spacial score (nSPS) is 11.1. The number of ketones is 1. The van der Waals surface area contributed by atoms with Gasteiger partial charge in [0.2, 0.25) is 0 Å². The summed E-state index contributed by atoms with van der Waals surface area (Å²) in [6, 6.07) is 9.02. The minimum Gasteiger partial charge on any atom is -0.504 e. The van der Waals surface area contributed by atoms with E-state index in [4.69, 9.17) is 9.47 Å². The first-order valence-electron chi connectivity index (χ1n) is 7.14. The topological polar surface area (TPSA) is 55.8 Å². The molecule has 0 amide bonds. The van der Waals surface area contributed by atoms with Crippen LogP contribution in [0.4, 0.5) is 4.39 Å². The van der Waals surface area contributed by atoms with E-state index in [1.807, 2.05) is 0 Å². The molecule has 0 aliphatic rings. The molecule has 2 aromatic rings. The van der Waals surface area contributed by atoms with E-state index in [1.54, 1.807) is 18.2 Å². The molecule has 0 saturated heterocycles. The summed E-state index contributed by atoms with van der Waals surface area (Å²) >= 11 is 0. The largest absolute Gasteiger partial charge is 0.504 e. The summed E-state index contributed by atoms with van der Waals surface area (Å²) in [5.74, 6) is 0.111. The van der Waals surface area contributed by atoms with Crippen molar-refractivity contribution in [3.63, 3.8) is 0 Å². The summed E-state index contributed by atoms with van der Waals surface area (Å²) in [6.07, 6.45) is 5.59. The van der Waals surface area contributed by atoms with Crippen LogP contribution in [0.3, 0.4) is 0 Å². The number of allylic oxidation sites excluding steroid dienone is 2. The van der Waals surface area contributed by atoms with E-state index in [2.05, 4.69) is 0 Å². The maximum atomic E-state index is 13.7. The van der Waals surface area contributed by atoms with Crippen LogP contribution in [0.1, 0.15) is 11.1 Å². The third-order valence-corrected chi connectivity index (χ3v) is 3.27. The molecular weight excluding hydrogens is 311 g/mol. The molecule has 1 N–H and O–H groups in total. The van der Waals surface area contributed by atoms with Crippen LogP contribution in [0.15, 0.2) is 48.6 Å². The van der Waals surface area contributed by atoms with E-state index in [-0.39, 0.29) is 17.1 Å². The number of halogens is 1. The molecule has 0 radical (unpaired) electrons. The first-order chi connectivity index (χ1) is 11.5. The van der Waals surface area contributed by atoms with Crippen LogP contribution in [-0.4, -0.2) is 25.1 Å². The average Bonchev–Trinajstić information content (AvgIpc) is 2.60. The third kappa shape index (κ3) is 4.46. The van der Waals surface area contributed by atoms with Gasteiger partial charge < -0.3 is 14.6 Å². The van der Waals surface area contributed by atoms with Crippen molar-refractivity contribution in [3.05, 3.63) is 65.5 Å². The van der Waals surface area contributed by atoms with E-state index < -0.39 is 5.82 Å². The fourth-order valence-electron chi connectivity index (χ4n) is 1.98. The molecule has 0 saturated carbocycles. The molecule has 0 unspecified atom stereocenters. The van der Waals surface area contributed by atoms with E-state index in [0.29, 0.717) is 17.1 Å². The molecule has 4 nitrogen and oxygen atoms in total. The second-order valence-corrected chi connectivity index (χ2v) is 4.89. The minimum absolute atomic E-state index is 0.0226. The number of ether oxygens (including phenoxy) is 2. The summed E-state index contributed by atoms with van der Waals surface area (Å²) in [6.45, 7) is 0. The number of benzene rings is 2. The van der Waals surface area contributed by atoms with Crippen molar-refractivity contribution in [2.75, 3.05) is 14.2 Å². The Balaban J connectivity index is 2.10. The van der Waals surface area contributed by atoms with Crippen molar-refractivity contribution < 1.29 is 23.8 Å². The highest BCUT2D eigenvalue weighted by Crippen LogP contribution is 2.26. The Kier molecular flexibility index (Phi) is 5.73. The summed E-state index contributed by atoms with van der Waals surface area (Å²) in [4.78, 5) is 11.9. The molecule has 0 fully saturated rings. The van der Waals surface area contributed by atoms with Gasteiger partial charge in [-0.1, -0.05) is 12.1 Å². The number of aromatic hydroxyl groups is 1. The van der Waals surface area contributed by atoms with Crippen LogP contribution >= 0.6 is 0 Å². The molecule has 0 heterocycles. The lowest BCUT2D eigenvalue weighted by atomic mass is 10.1. The number of phenols is 1. The first kappa shape index (κ1) is 17.3. The molecule has 0 aliphatic carbocycles. The van der Waals surface area contributed by atoms with Gasteiger partial charge in [0.1, 0.15) is 11.6 Å². The molecule has 24 heavy (non-hydrogen) atoms. The molecule has 5 heteroatoms. The van der Waals surface area contributed by atoms with Gasteiger partial charge in [0.05, 0.1) is 14.2 Å². The highest BCUT2D eigenvalue weighted by atomic mass is 19.1. The van der Waals surface area contributed by atoms with Gasteiger partial charge in [-0.25, -0.2) is 4.39 Å². The van der Waals surface area contributed by atoms with Crippen LogP contribution < -0.4 is 9.47 Å². The van der Waals surface area contributed by atoms with Gasteiger partial charge in [-0.3, -0.25) is 4.79 Å². The molecule has 2 aromatic carbocycles. The third-order valence-electron chi connectivity index (χ3n) is 3.27. The van der Waals surface area contributed by atoms with E-state index in [9.17, 15) is 14.3 Å². The Morgan fingerprint density at radius 1 is 1.04 bits per heavy atom. The van der Waals surface area contributed by atoms with E-state index >= 15 is 0 Å². The zero-order chi connectivity index (χ0) is 17.5. The highest BCUT2D eigenvalue weighted by molar-refractivity contribution is 6.04. The first-order valence-corrected chi connectivity index (χ1v) is 7.14. The average molecular weight is 328 g/mol. The monoisotopic (exact) mass is 328 g/mol. The zero-order valence-electron chi connectivity index (χ0n) is 13.3. The molecule has 0 spiro atoms. The van der Waals surface area contributed by atoms with Crippen LogP contribution in [0.5, 0.6) is 17.2 Å². The second-order valence-electron chi connectivity index (χ2n) is 4.89. The Morgan fingerprint density at radius 2 is 1.79 bits per heavy atom. The minimum atomic E-state index is -0.438. The van der Waals surface area contributed by atoms with Crippen LogP contribution in [0.25, 0.3) is 12.2 Å². The van der Waals surface area contributed by atoms with Crippen molar-refractivity contribution >= 4 is 17.9 Å². The molecule has 0 aliphatic heterocycles. The van der Waals surface area contributed by atoms with Gasteiger partial charge in [-0.2, -0.15) is 0 Å². The maximum absolute atomic E-state index is 13.7. The summed E-state index contributed by atoms with van der Waals surface area (Å²) in [5.41, 5.74) is 0.960. The Hall–Kier alpha value is -3.08. The number of rotatable bonds is 6. The lowest BCUT2D eigenvalue weighted by Gasteiger charge is -2.03. The fourth-order valence-corrected chi connectivity index (χ4v) is 1.98. The SMILES string of the molecule is COc1ccc(F)c(/C=C/C(=O)/C=C/c2ccc(O)c(OC)c2)c1. The highest BCUT2D eigenvalue weighted by Gasteiger charge is 2.02. The van der Waals surface area contributed by atoms with Crippen molar-refractivity contribution in [2.24, 2.45) is 0 Å². The van der Waals surface area contributed by atoms with Crippen molar-refractivity contribution in [3.8, 4) is 17.2 Å². The number of carbonyl (C=O) groups is 1. The molecule has 124 valence electrons. The number of hydrogen-bond donors (Lipinski definition) is 1. The van der Waals surface area contributed by atoms with Crippen LogP contribution in [0, 0.1) is 5.82 Å². The number of hydrogen-bond acceptors (Lipinski definition) is 4. The number of carbonyl (C=O) groups excluding carboxylic acids is 1. The molecular formula is C19H17FO4. The van der Waals surface area contributed by atoms with Gasteiger partial charge in [-0.15, -0.1) is 0 Å². The fraction of sp³-hybridized carbons (Fsp3) is 0.105. The maximum Gasteiger partial charge on any atom is 0.178 e. The molecule has 0 atom stereocenters. The molecule has 2 rings (SSSR count). The van der Waals surface area contributed by atoms with Crippen molar-refractivity contribution in [1.82, 2.24) is 0 Å². The summed E-state index contributed by atoms with van der Waals surface area (Å²) in [7, 11) is 2.93. The Bertz CT molecular complexity index is 794. The predicted octanol–water partition coefficient (Wildman–Crippen LogP) is 3.84. The van der Waals surface area contributed by atoms with E-state index in [1.165, 1.54) is 56.7 Å². The van der Waals surface area contributed by atoms with Gasteiger partial charge in [0.25, 0.3) is 0 Å². The number of methoxy groups -OCH3 is 2. The van der Waals surface area contributed by atoms with Gasteiger partial charge >= 0.3 is 0 Å². The van der Waals surface area contributed by atoms with Crippen molar-refractivity contribution in [2.45, 2.75) is 0 Å². The summed E-state index contributed by atoms with van der Waals surface area (Å²) in [5, 5.41) is 9.52. The molecule has 0 aromatic heterocycles. The quantitative estimate of drug-likeness (QED) is 0.819. The van der Waals surface area contributed by atoms with Crippen LogP contribution in [0.2, 0.25) is 0 Å². The van der Waals surface area contributed by atoms with Gasteiger partial charge in [0.15, 0.2) is 17.3 Å². The second kappa shape index (κ2) is 7.97. The molecule has 0 bridgehead atoms. The predicted molar refractivity (Wildman–Crippen MR) is 90.7 cm³/mol. The Morgan fingerprint density at radius 3 is 2.50 bits per heavy atom. The standard InChI is InChI=1S/C19H17FO4/c1-23-16-8-9-17(20)14(12-16)5-7-15(21)6-3-13-4-10-18(22)19(11-13)24-2/h3-12,22H,1-2H3/b6-3+,7-5+. The lowest BCUT2D eigenvalue weighted by molar-refractivity contribution is -0.110. The number of phenolic OH excluding ortho intramolecular Hbond substituents is 1. The van der Waals surface area contributed by atoms with Crippen LogP contribution in [-0.2, 0) is 4.79 Å². The zero-order valence-corrected chi connectivity index (χ0v) is 13.3. The lowest BCUT2D eigenvalue weighted by Crippen LogP contribution is -1.89. The Labute approximate surface area is 139 Å². The van der Waals surface area contributed by atoms with Gasteiger partial charge in [0, 0.05) is 5.56 Å².